The maximum atomic E-state index is 12.7. The van der Waals surface area contributed by atoms with Gasteiger partial charge < -0.3 is 19.9 Å². The lowest BCUT2D eigenvalue weighted by molar-refractivity contribution is -0.127. The van der Waals surface area contributed by atoms with Crippen molar-refractivity contribution < 1.29 is 19.1 Å². The van der Waals surface area contributed by atoms with Crippen LogP contribution < -0.4 is 10.6 Å². The van der Waals surface area contributed by atoms with Crippen molar-refractivity contribution >= 4 is 29.1 Å². The van der Waals surface area contributed by atoms with Crippen LogP contribution in [-0.4, -0.2) is 42.6 Å². The van der Waals surface area contributed by atoms with Crippen LogP contribution >= 0.6 is 11.3 Å². The molecule has 0 fully saturated rings. The predicted octanol–water partition coefficient (Wildman–Crippen LogP) is 1.44. The Balaban J connectivity index is 1.73. The molecule has 2 heterocycles. The molecule has 1 aliphatic carbocycles. The van der Waals surface area contributed by atoms with Crippen molar-refractivity contribution in [2.45, 2.75) is 25.7 Å². The van der Waals surface area contributed by atoms with E-state index in [1.54, 1.807) is 11.3 Å². The third-order valence-electron chi connectivity index (χ3n) is 4.26. The first-order valence-corrected chi connectivity index (χ1v) is 9.34. The Labute approximate surface area is 155 Å². The number of likely N-dealkylation sites (N-methyl/N-ethyl adjacent to an activating group) is 1. The summed E-state index contributed by atoms with van der Waals surface area (Å²) < 4.78 is 7.14. The van der Waals surface area contributed by atoms with E-state index in [2.05, 4.69) is 10.6 Å². The summed E-state index contributed by atoms with van der Waals surface area (Å²) >= 11 is 1.61. The molecule has 7 nitrogen and oxygen atoms in total. The number of hydrogen-bond donors (Lipinski definition) is 2. The highest BCUT2D eigenvalue weighted by molar-refractivity contribution is 7.15. The van der Waals surface area contributed by atoms with Crippen molar-refractivity contribution in [3.05, 3.63) is 40.5 Å². The largest absolute Gasteiger partial charge is 0.452 e. The molecule has 3 rings (SSSR count). The summed E-state index contributed by atoms with van der Waals surface area (Å²) in [6.07, 6.45) is 7.76. The Kier molecular flexibility index (Phi) is 5.72. The number of fused-ring (bicyclic) bond motifs is 1. The van der Waals surface area contributed by atoms with Crippen LogP contribution in [0.25, 0.3) is 5.00 Å². The van der Waals surface area contributed by atoms with Crippen molar-refractivity contribution in [3.8, 4) is 5.00 Å². The van der Waals surface area contributed by atoms with Crippen LogP contribution in [0.15, 0.2) is 24.5 Å². The molecule has 0 aliphatic heterocycles. The van der Waals surface area contributed by atoms with Crippen molar-refractivity contribution in [1.82, 2.24) is 15.2 Å². The van der Waals surface area contributed by atoms with Crippen LogP contribution in [0.1, 0.15) is 33.6 Å². The highest BCUT2D eigenvalue weighted by Gasteiger charge is 2.27. The summed E-state index contributed by atoms with van der Waals surface area (Å²) in [6.45, 7) is -0.555. The van der Waals surface area contributed by atoms with Gasteiger partial charge in [0.2, 0.25) is 5.91 Å². The quantitative estimate of drug-likeness (QED) is 0.748. The smallest absolute Gasteiger partial charge is 0.341 e. The average Bonchev–Trinajstić information content (AvgIpc) is 3.31. The molecule has 2 N–H and O–H groups in total. The van der Waals surface area contributed by atoms with E-state index >= 15 is 0 Å². The van der Waals surface area contributed by atoms with Gasteiger partial charge in [-0.15, -0.1) is 11.3 Å². The number of thiophene rings is 1. The maximum absolute atomic E-state index is 12.7. The second-order valence-electron chi connectivity index (χ2n) is 6.01. The molecule has 2 aromatic rings. The zero-order valence-electron chi connectivity index (χ0n) is 14.5. The number of nitrogens with one attached hydrogen (secondary N) is 2. The van der Waals surface area contributed by atoms with Gasteiger partial charge in [0.15, 0.2) is 6.61 Å². The Morgan fingerprint density at radius 1 is 1.15 bits per heavy atom. The van der Waals surface area contributed by atoms with Crippen LogP contribution in [0.3, 0.4) is 0 Å². The molecule has 0 radical (unpaired) electrons. The lowest BCUT2D eigenvalue weighted by atomic mass is 9.95. The Bertz CT molecular complexity index is 811. The SMILES string of the molecule is CNC(=O)CNC(=O)COC(=O)c1c(-n2cccc2)sc2c1CCCC2. The van der Waals surface area contributed by atoms with Crippen molar-refractivity contribution in [3.63, 3.8) is 0 Å². The second kappa shape index (κ2) is 8.18. The minimum Gasteiger partial charge on any atom is -0.452 e. The number of esters is 1. The van der Waals surface area contributed by atoms with Crippen molar-refractivity contribution in [1.29, 1.82) is 0 Å². The van der Waals surface area contributed by atoms with E-state index in [1.807, 2.05) is 29.1 Å². The lowest BCUT2D eigenvalue weighted by Crippen LogP contribution is -2.37. The number of carbonyl (C=O) groups excluding carboxylic acids is 3. The van der Waals surface area contributed by atoms with Gasteiger partial charge in [0, 0.05) is 24.3 Å². The van der Waals surface area contributed by atoms with Crippen molar-refractivity contribution in [2.75, 3.05) is 20.2 Å². The molecule has 0 unspecified atom stereocenters. The second-order valence-corrected chi connectivity index (χ2v) is 7.09. The van der Waals surface area contributed by atoms with E-state index < -0.39 is 18.5 Å². The fraction of sp³-hybridized carbons (Fsp3) is 0.389. The fourth-order valence-electron chi connectivity index (χ4n) is 2.94. The molecule has 0 bridgehead atoms. The Morgan fingerprint density at radius 2 is 1.88 bits per heavy atom. The van der Waals surface area contributed by atoms with Gasteiger partial charge in [-0.2, -0.15) is 0 Å². The Morgan fingerprint density at radius 3 is 2.62 bits per heavy atom. The maximum Gasteiger partial charge on any atom is 0.341 e. The molecule has 0 atom stereocenters. The number of carbonyl (C=O) groups is 3. The van der Waals surface area contributed by atoms with E-state index in [-0.39, 0.29) is 12.5 Å². The molecule has 26 heavy (non-hydrogen) atoms. The lowest BCUT2D eigenvalue weighted by Gasteiger charge is -2.13. The van der Waals surface area contributed by atoms with E-state index in [0.717, 1.165) is 36.2 Å². The van der Waals surface area contributed by atoms with E-state index in [0.29, 0.717) is 5.56 Å². The van der Waals surface area contributed by atoms with E-state index in [4.69, 9.17) is 4.74 Å². The molecular weight excluding hydrogens is 354 g/mol. The van der Waals surface area contributed by atoms with Gasteiger partial charge in [0.1, 0.15) is 5.00 Å². The molecule has 8 heteroatoms. The number of ether oxygens (including phenoxy) is 1. The van der Waals surface area contributed by atoms with Gasteiger partial charge in [-0.1, -0.05) is 0 Å². The molecule has 0 aromatic carbocycles. The number of amides is 2. The highest BCUT2D eigenvalue weighted by Crippen LogP contribution is 2.37. The molecular formula is C18H21N3O4S. The van der Waals surface area contributed by atoms with E-state index in [1.165, 1.54) is 11.9 Å². The van der Waals surface area contributed by atoms with Crippen molar-refractivity contribution in [2.24, 2.45) is 0 Å². The number of rotatable bonds is 6. The minimum atomic E-state index is -0.506. The zero-order valence-corrected chi connectivity index (χ0v) is 15.4. The normalized spacial score (nSPS) is 13.0. The summed E-state index contributed by atoms with van der Waals surface area (Å²) in [7, 11) is 1.48. The van der Waals surface area contributed by atoms with Crippen LogP contribution in [-0.2, 0) is 27.2 Å². The van der Waals surface area contributed by atoms with Gasteiger partial charge in [0.25, 0.3) is 5.91 Å². The van der Waals surface area contributed by atoms with Crippen LogP contribution in [0.5, 0.6) is 0 Å². The summed E-state index contributed by atoms with van der Waals surface area (Å²) in [4.78, 5) is 36.8. The fourth-order valence-corrected chi connectivity index (χ4v) is 4.28. The number of hydrogen-bond acceptors (Lipinski definition) is 5. The van der Waals surface area contributed by atoms with Crippen LogP contribution in [0.2, 0.25) is 0 Å². The van der Waals surface area contributed by atoms with Gasteiger partial charge in [-0.3, -0.25) is 9.59 Å². The average molecular weight is 375 g/mol. The summed E-state index contributed by atoms with van der Waals surface area (Å²) in [5, 5.41) is 5.64. The summed E-state index contributed by atoms with van der Waals surface area (Å²) in [5.74, 6) is -1.32. The molecule has 0 saturated carbocycles. The van der Waals surface area contributed by atoms with Gasteiger partial charge in [-0.05, 0) is 43.4 Å². The third-order valence-corrected chi connectivity index (χ3v) is 5.56. The monoisotopic (exact) mass is 375 g/mol. The number of aryl methyl sites for hydroxylation is 1. The summed E-state index contributed by atoms with van der Waals surface area (Å²) in [6, 6.07) is 3.81. The molecule has 1 aliphatic rings. The molecule has 138 valence electrons. The first-order chi connectivity index (χ1) is 12.6. The standard InChI is InChI=1S/C18H21N3O4S/c1-19-14(22)10-20-15(23)11-25-18(24)16-12-6-2-3-7-13(12)26-17(16)21-8-4-5-9-21/h4-5,8-9H,2-3,6-7,10-11H2,1H3,(H,19,22)(H,20,23). The third kappa shape index (κ3) is 3.96. The van der Waals surface area contributed by atoms with Crippen LogP contribution in [0.4, 0.5) is 0 Å². The minimum absolute atomic E-state index is 0.144. The zero-order chi connectivity index (χ0) is 18.5. The predicted molar refractivity (Wildman–Crippen MR) is 97.6 cm³/mol. The molecule has 2 aromatic heterocycles. The highest BCUT2D eigenvalue weighted by atomic mass is 32.1. The molecule has 0 spiro atoms. The first-order valence-electron chi connectivity index (χ1n) is 8.52. The molecule has 2 amide bonds. The Hall–Kier alpha value is -2.61. The van der Waals surface area contributed by atoms with Crippen LogP contribution in [0, 0.1) is 0 Å². The number of nitrogens with zero attached hydrogens (tertiary/aromatic N) is 1. The van der Waals surface area contributed by atoms with Gasteiger partial charge in [-0.25, -0.2) is 4.79 Å². The number of aromatic nitrogens is 1. The van der Waals surface area contributed by atoms with Gasteiger partial charge >= 0.3 is 5.97 Å². The first kappa shape index (κ1) is 18.2. The van der Waals surface area contributed by atoms with E-state index in [9.17, 15) is 14.4 Å². The molecule has 0 saturated heterocycles. The summed E-state index contributed by atoms with van der Waals surface area (Å²) in [5.41, 5.74) is 1.60. The topological polar surface area (TPSA) is 89.4 Å². The van der Waals surface area contributed by atoms with Gasteiger partial charge in [0.05, 0.1) is 12.1 Å².